The van der Waals surface area contributed by atoms with Gasteiger partial charge in [0, 0.05) is 39.2 Å². The molecule has 0 aliphatic carbocycles. The minimum absolute atomic E-state index is 0.579. The van der Waals surface area contributed by atoms with E-state index in [2.05, 4.69) is 112 Å². The summed E-state index contributed by atoms with van der Waals surface area (Å²) in [4.78, 5) is 15.3. The molecule has 0 saturated carbocycles. The molecule has 0 aliphatic rings. The lowest BCUT2D eigenvalue weighted by Crippen LogP contribution is -2.06. The third kappa shape index (κ3) is 4.21. The first-order chi connectivity index (χ1) is 22.8. The normalized spacial score (nSPS) is 11.5. The van der Waals surface area contributed by atoms with E-state index < -0.39 is 0 Å². The zero-order valence-electron chi connectivity index (χ0n) is 24.8. The average molecular weight is 590 g/mol. The highest BCUT2D eigenvalue weighted by atomic mass is 15.2. The topological polar surface area (TPSA) is 48.5 Å². The van der Waals surface area contributed by atoms with Gasteiger partial charge in [0.2, 0.25) is 5.95 Å². The number of benzene rings is 6. The van der Waals surface area contributed by atoms with E-state index in [1.807, 2.05) is 60.7 Å². The molecule has 0 aliphatic heterocycles. The Labute approximate surface area is 265 Å². The summed E-state index contributed by atoms with van der Waals surface area (Å²) in [6.07, 6.45) is 2.18. The molecule has 9 rings (SSSR count). The number of fused-ring (bicyclic) bond motifs is 5. The van der Waals surface area contributed by atoms with E-state index in [4.69, 9.17) is 15.0 Å². The summed E-state index contributed by atoms with van der Waals surface area (Å²) in [6.45, 7) is 0. The third-order valence-corrected chi connectivity index (χ3v) is 8.61. The molecular formula is C41H27N5. The first kappa shape index (κ1) is 26.1. The smallest absolute Gasteiger partial charge is 0.238 e. The number of rotatable bonds is 5. The predicted octanol–water partition coefficient (Wildman–Crippen LogP) is 9.91. The van der Waals surface area contributed by atoms with Crippen LogP contribution in [0.3, 0.4) is 0 Å². The standard InChI is InChI=1S/C41H27N5/c1-5-15-28(16-6-1)34-27-36-37(38-32(34)25-26-45(38)31-21-11-4-12-22-31)33-23-13-14-24-35(33)46(36)41-43-39(29-17-7-2-8-18-29)42-40(44-41)30-19-9-3-10-20-30/h1-27H. The second kappa shape index (κ2) is 10.7. The summed E-state index contributed by atoms with van der Waals surface area (Å²) < 4.78 is 4.51. The van der Waals surface area contributed by atoms with Crippen molar-refractivity contribution >= 4 is 32.7 Å². The van der Waals surface area contributed by atoms with Crippen molar-refractivity contribution in [2.45, 2.75) is 0 Å². The molecular weight excluding hydrogens is 562 g/mol. The highest BCUT2D eigenvalue weighted by Crippen LogP contribution is 2.42. The van der Waals surface area contributed by atoms with Gasteiger partial charge in [-0.25, -0.2) is 4.98 Å². The van der Waals surface area contributed by atoms with Crippen molar-refractivity contribution in [2.75, 3.05) is 0 Å². The van der Waals surface area contributed by atoms with Crippen molar-refractivity contribution in [2.24, 2.45) is 0 Å². The molecule has 0 atom stereocenters. The van der Waals surface area contributed by atoms with Gasteiger partial charge in [-0.2, -0.15) is 9.97 Å². The van der Waals surface area contributed by atoms with Gasteiger partial charge in [0.15, 0.2) is 11.6 Å². The number of hydrogen-bond acceptors (Lipinski definition) is 3. The van der Waals surface area contributed by atoms with Crippen LogP contribution in [0.4, 0.5) is 0 Å². The van der Waals surface area contributed by atoms with E-state index in [1.54, 1.807) is 0 Å². The molecule has 216 valence electrons. The Morgan fingerprint density at radius 3 is 1.61 bits per heavy atom. The van der Waals surface area contributed by atoms with Crippen molar-refractivity contribution in [1.82, 2.24) is 24.1 Å². The Balaban J connectivity index is 1.44. The lowest BCUT2D eigenvalue weighted by atomic mass is 9.98. The van der Waals surface area contributed by atoms with Crippen molar-refractivity contribution in [3.63, 3.8) is 0 Å². The Bertz CT molecular complexity index is 2440. The van der Waals surface area contributed by atoms with Crippen molar-refractivity contribution in [3.05, 3.63) is 164 Å². The van der Waals surface area contributed by atoms with Crippen LogP contribution in [0.2, 0.25) is 0 Å². The summed E-state index contributed by atoms with van der Waals surface area (Å²) >= 11 is 0. The van der Waals surface area contributed by atoms with E-state index in [0.717, 1.165) is 55.3 Å². The first-order valence-corrected chi connectivity index (χ1v) is 15.4. The summed E-state index contributed by atoms with van der Waals surface area (Å²) in [5.74, 6) is 1.84. The van der Waals surface area contributed by atoms with Crippen molar-refractivity contribution < 1.29 is 0 Å². The van der Waals surface area contributed by atoms with Crippen molar-refractivity contribution in [1.29, 1.82) is 0 Å². The van der Waals surface area contributed by atoms with Crippen LogP contribution in [0.25, 0.3) is 78.2 Å². The molecule has 3 heterocycles. The predicted molar refractivity (Wildman–Crippen MR) is 187 cm³/mol. The van der Waals surface area contributed by atoms with Crippen LogP contribution in [0, 0.1) is 0 Å². The average Bonchev–Trinajstić information content (AvgIpc) is 3.72. The van der Waals surface area contributed by atoms with Gasteiger partial charge in [0.1, 0.15) is 0 Å². The van der Waals surface area contributed by atoms with E-state index in [0.29, 0.717) is 17.6 Å². The van der Waals surface area contributed by atoms with Gasteiger partial charge >= 0.3 is 0 Å². The zero-order chi connectivity index (χ0) is 30.5. The Morgan fingerprint density at radius 1 is 0.435 bits per heavy atom. The highest BCUT2D eigenvalue weighted by Gasteiger charge is 2.23. The fraction of sp³-hybridized carbons (Fsp3) is 0. The molecule has 6 aromatic carbocycles. The van der Waals surface area contributed by atoms with E-state index >= 15 is 0 Å². The second-order valence-electron chi connectivity index (χ2n) is 11.3. The molecule has 0 bridgehead atoms. The molecule has 5 nitrogen and oxygen atoms in total. The van der Waals surface area contributed by atoms with Crippen LogP contribution in [-0.4, -0.2) is 24.1 Å². The molecule has 0 amide bonds. The summed E-state index contributed by atoms with van der Waals surface area (Å²) in [7, 11) is 0. The SMILES string of the molecule is c1ccc(-c2nc(-c3ccccc3)nc(-n3c4ccccc4c4c5c(ccn5-c5ccccc5)c(-c5ccccc5)cc43)n2)cc1. The van der Waals surface area contributed by atoms with Gasteiger partial charge in [0.25, 0.3) is 0 Å². The first-order valence-electron chi connectivity index (χ1n) is 15.4. The fourth-order valence-corrected chi connectivity index (χ4v) is 6.54. The quantitative estimate of drug-likeness (QED) is 0.201. The summed E-state index contributed by atoms with van der Waals surface area (Å²) in [6, 6.07) is 54.5. The number of nitrogens with zero attached hydrogens (tertiary/aromatic N) is 5. The van der Waals surface area contributed by atoms with Crippen LogP contribution < -0.4 is 0 Å². The number of hydrogen-bond donors (Lipinski definition) is 0. The summed E-state index contributed by atoms with van der Waals surface area (Å²) in [5.41, 5.74) is 8.52. The molecule has 0 N–H and O–H groups in total. The Kier molecular flexibility index (Phi) is 6.06. The highest BCUT2D eigenvalue weighted by molar-refractivity contribution is 6.23. The monoisotopic (exact) mass is 589 g/mol. The van der Waals surface area contributed by atoms with Gasteiger partial charge < -0.3 is 4.57 Å². The molecule has 0 radical (unpaired) electrons. The van der Waals surface area contributed by atoms with E-state index in [1.165, 1.54) is 5.39 Å². The van der Waals surface area contributed by atoms with Gasteiger partial charge in [0.05, 0.1) is 16.6 Å². The number of para-hydroxylation sites is 2. The van der Waals surface area contributed by atoms with Crippen LogP contribution in [0.1, 0.15) is 0 Å². The molecule has 0 unspecified atom stereocenters. The third-order valence-electron chi connectivity index (χ3n) is 8.61. The number of aromatic nitrogens is 5. The van der Waals surface area contributed by atoms with Gasteiger partial charge in [-0.3, -0.25) is 4.57 Å². The zero-order valence-corrected chi connectivity index (χ0v) is 24.8. The van der Waals surface area contributed by atoms with E-state index in [-0.39, 0.29) is 0 Å². The van der Waals surface area contributed by atoms with Crippen LogP contribution in [-0.2, 0) is 0 Å². The molecule has 46 heavy (non-hydrogen) atoms. The van der Waals surface area contributed by atoms with Gasteiger partial charge in [-0.1, -0.05) is 127 Å². The minimum atomic E-state index is 0.579. The van der Waals surface area contributed by atoms with E-state index in [9.17, 15) is 0 Å². The van der Waals surface area contributed by atoms with Crippen molar-refractivity contribution in [3.8, 4) is 45.5 Å². The lowest BCUT2D eigenvalue weighted by Gasteiger charge is -2.13. The van der Waals surface area contributed by atoms with Crippen LogP contribution in [0.15, 0.2) is 164 Å². The molecule has 9 aromatic rings. The molecule has 0 saturated heterocycles. The maximum Gasteiger partial charge on any atom is 0.238 e. The summed E-state index contributed by atoms with van der Waals surface area (Å²) in [5, 5.41) is 3.49. The Morgan fingerprint density at radius 2 is 0.978 bits per heavy atom. The largest absolute Gasteiger partial charge is 0.316 e. The molecule has 3 aromatic heterocycles. The fourth-order valence-electron chi connectivity index (χ4n) is 6.54. The maximum atomic E-state index is 5.16. The van der Waals surface area contributed by atoms with Crippen LogP contribution >= 0.6 is 0 Å². The minimum Gasteiger partial charge on any atom is -0.316 e. The molecule has 0 fully saturated rings. The van der Waals surface area contributed by atoms with Gasteiger partial charge in [-0.05, 0) is 41.5 Å². The second-order valence-corrected chi connectivity index (χ2v) is 11.3. The van der Waals surface area contributed by atoms with Gasteiger partial charge in [-0.15, -0.1) is 0 Å². The Hall–Kier alpha value is -6.33. The van der Waals surface area contributed by atoms with Crippen LogP contribution in [0.5, 0.6) is 0 Å². The lowest BCUT2D eigenvalue weighted by molar-refractivity contribution is 0.953. The maximum absolute atomic E-state index is 5.16. The molecule has 5 heteroatoms. The molecule has 0 spiro atoms.